The number of phenols is 1. The number of halogens is 1. The second kappa shape index (κ2) is 11.2. The van der Waals surface area contributed by atoms with Gasteiger partial charge in [-0.05, 0) is 92.5 Å². The third-order valence-electron chi connectivity index (χ3n) is 8.75. The number of para-hydroxylation sites is 2. The maximum absolute atomic E-state index is 14.6. The van der Waals surface area contributed by atoms with Crippen LogP contribution in [0, 0.1) is 5.82 Å². The number of aromatic nitrogens is 4. The number of hydrogen-bond donors (Lipinski definition) is 2. The molecule has 1 saturated heterocycles. The van der Waals surface area contributed by atoms with Gasteiger partial charge in [0, 0.05) is 11.1 Å². The number of aromatic hydroxyl groups is 1. The maximum atomic E-state index is 14.6. The number of benzene rings is 4. The van der Waals surface area contributed by atoms with Gasteiger partial charge in [0.1, 0.15) is 34.6 Å². The number of hydrogen-bond acceptors (Lipinski definition) is 6. The lowest BCUT2D eigenvalue weighted by Crippen LogP contribution is -2.29. The smallest absolute Gasteiger partial charge is 0.265 e. The fraction of sp³-hybridized carbons (Fsp3) is 0.229. The lowest BCUT2D eigenvalue weighted by atomic mass is 9.88. The maximum Gasteiger partial charge on any atom is 0.265 e. The lowest BCUT2D eigenvalue weighted by Gasteiger charge is -2.29. The molecule has 0 saturated carbocycles. The van der Waals surface area contributed by atoms with Crippen LogP contribution in [0.2, 0.25) is 0 Å². The molecule has 4 aromatic carbocycles. The Morgan fingerprint density at radius 3 is 2.52 bits per heavy atom. The van der Waals surface area contributed by atoms with Crippen molar-refractivity contribution < 1.29 is 14.2 Å². The number of rotatable bonds is 6. The van der Waals surface area contributed by atoms with Gasteiger partial charge in [0.25, 0.3) is 5.56 Å². The molecule has 9 heteroatoms. The number of ether oxygens (including phenoxy) is 1. The molecule has 0 radical (unpaired) electrons. The van der Waals surface area contributed by atoms with Gasteiger partial charge in [-0.1, -0.05) is 36.4 Å². The van der Waals surface area contributed by atoms with Crippen LogP contribution in [-0.4, -0.2) is 56.8 Å². The summed E-state index contributed by atoms with van der Waals surface area (Å²) in [7, 11) is 3.70. The summed E-state index contributed by atoms with van der Waals surface area (Å²) in [6, 6.07) is 22.3. The topological polar surface area (TPSA) is 96.3 Å². The Bertz CT molecular complexity index is 2010. The first kappa shape index (κ1) is 27.8. The Hall–Kier alpha value is -5.02. The van der Waals surface area contributed by atoms with E-state index in [1.807, 2.05) is 30.3 Å². The number of piperidine rings is 1. The molecule has 44 heavy (non-hydrogen) atoms. The first-order valence-electron chi connectivity index (χ1n) is 14.7. The van der Waals surface area contributed by atoms with E-state index in [0.717, 1.165) is 42.6 Å². The summed E-state index contributed by atoms with van der Waals surface area (Å²) in [6.45, 7) is 2.18. The third kappa shape index (κ3) is 4.89. The van der Waals surface area contributed by atoms with Crippen molar-refractivity contribution in [1.82, 2.24) is 24.4 Å². The fourth-order valence-electron chi connectivity index (χ4n) is 6.37. The van der Waals surface area contributed by atoms with Crippen LogP contribution in [0.5, 0.6) is 11.5 Å². The number of aromatic amines is 1. The molecule has 222 valence electrons. The Labute approximate surface area is 253 Å². The Balaban J connectivity index is 1.37. The van der Waals surface area contributed by atoms with Crippen molar-refractivity contribution in [2.75, 3.05) is 27.2 Å². The van der Waals surface area contributed by atoms with E-state index in [1.54, 1.807) is 6.07 Å². The number of phenolic OH excluding ortho intramolecular Hbond substituents is 1. The van der Waals surface area contributed by atoms with Gasteiger partial charge >= 0.3 is 0 Å². The van der Waals surface area contributed by atoms with Crippen LogP contribution in [-0.2, 0) is 0 Å². The highest BCUT2D eigenvalue weighted by Gasteiger charge is 2.27. The molecule has 0 amide bonds. The zero-order valence-corrected chi connectivity index (χ0v) is 24.5. The summed E-state index contributed by atoms with van der Waals surface area (Å²) < 4.78 is 21.8. The highest BCUT2D eigenvalue weighted by molar-refractivity contribution is 5.92. The van der Waals surface area contributed by atoms with Crippen molar-refractivity contribution >= 4 is 21.9 Å². The van der Waals surface area contributed by atoms with Crippen molar-refractivity contribution in [3.05, 3.63) is 118 Å². The molecule has 8 nitrogen and oxygen atoms in total. The number of nitrogens with zero attached hydrogens (tertiary/aromatic N) is 4. The summed E-state index contributed by atoms with van der Waals surface area (Å²) >= 11 is 0. The molecule has 1 fully saturated rings. The zero-order valence-electron chi connectivity index (χ0n) is 24.5. The largest absolute Gasteiger partial charge is 0.508 e. The molecule has 1 atom stereocenters. The van der Waals surface area contributed by atoms with Gasteiger partial charge in [-0.15, -0.1) is 0 Å². The minimum Gasteiger partial charge on any atom is -0.508 e. The van der Waals surface area contributed by atoms with Gasteiger partial charge in [0.2, 0.25) is 0 Å². The van der Waals surface area contributed by atoms with Crippen LogP contribution in [0.15, 0.2) is 90.0 Å². The quantitative estimate of drug-likeness (QED) is 0.239. The highest BCUT2D eigenvalue weighted by atomic mass is 19.1. The van der Waals surface area contributed by atoms with E-state index in [4.69, 9.17) is 9.72 Å². The molecule has 1 aliphatic rings. The number of nitrogens with one attached hydrogen (secondary N) is 1. The summed E-state index contributed by atoms with van der Waals surface area (Å²) in [5.41, 5.74) is 4.64. The minimum absolute atomic E-state index is 0.172. The first-order valence-corrected chi connectivity index (χ1v) is 14.7. The van der Waals surface area contributed by atoms with Crippen molar-refractivity contribution in [3.8, 4) is 22.6 Å². The van der Waals surface area contributed by atoms with E-state index in [-0.39, 0.29) is 16.7 Å². The van der Waals surface area contributed by atoms with Crippen LogP contribution >= 0.6 is 0 Å². The summed E-state index contributed by atoms with van der Waals surface area (Å²) in [5, 5.41) is 11.1. The molecular formula is C35H32FN5O3. The molecule has 1 unspecified atom stereocenters. The van der Waals surface area contributed by atoms with Crippen LogP contribution in [0.3, 0.4) is 0 Å². The predicted molar refractivity (Wildman–Crippen MR) is 169 cm³/mol. The Morgan fingerprint density at radius 2 is 1.77 bits per heavy atom. The standard InChI is InChI=1S/C35H32FN5O3/c1-40-17-15-22(16-18-40)21-7-9-23(10-8-21)25-12-13-29-31(33(25)44-2)35(43)41(20-37-29)32(26-19-24(36)11-14-30(26)42)34-38-27-5-3-4-6-28(27)39-34/h3-14,19-20,22,32,42H,15-18H2,1-2H3,(H,38,39). The van der Waals surface area contributed by atoms with Gasteiger partial charge in [-0.25, -0.2) is 14.4 Å². The molecule has 7 rings (SSSR count). The van der Waals surface area contributed by atoms with E-state index in [1.165, 1.54) is 41.8 Å². The summed E-state index contributed by atoms with van der Waals surface area (Å²) in [5.74, 6) is 0.561. The van der Waals surface area contributed by atoms with Gasteiger partial charge in [-0.3, -0.25) is 9.36 Å². The number of methoxy groups -OCH3 is 1. The van der Waals surface area contributed by atoms with Crippen molar-refractivity contribution in [1.29, 1.82) is 0 Å². The number of imidazole rings is 1. The van der Waals surface area contributed by atoms with Gasteiger partial charge in [-0.2, -0.15) is 0 Å². The SMILES string of the molecule is COc1c(-c2ccc(C3CCN(C)CC3)cc2)ccc2ncn(C(c3nc4ccccc4[nH]3)c3cc(F)ccc3O)c(=O)c12. The molecule has 2 aromatic heterocycles. The zero-order chi connectivity index (χ0) is 30.4. The molecule has 0 bridgehead atoms. The van der Waals surface area contributed by atoms with E-state index >= 15 is 0 Å². The molecule has 1 aliphatic heterocycles. The predicted octanol–water partition coefficient (Wildman–Crippen LogP) is 6.24. The van der Waals surface area contributed by atoms with E-state index in [2.05, 4.69) is 46.2 Å². The van der Waals surface area contributed by atoms with Crippen molar-refractivity contribution in [2.24, 2.45) is 0 Å². The van der Waals surface area contributed by atoms with Gasteiger partial charge < -0.3 is 19.7 Å². The number of likely N-dealkylation sites (tertiary alicyclic amines) is 1. The molecular weight excluding hydrogens is 557 g/mol. The molecule has 0 spiro atoms. The fourth-order valence-corrected chi connectivity index (χ4v) is 6.37. The lowest BCUT2D eigenvalue weighted by molar-refractivity contribution is 0.255. The van der Waals surface area contributed by atoms with Gasteiger partial charge in [0.15, 0.2) is 0 Å². The average Bonchev–Trinajstić information content (AvgIpc) is 3.47. The Morgan fingerprint density at radius 1 is 1.00 bits per heavy atom. The van der Waals surface area contributed by atoms with E-state index in [0.29, 0.717) is 28.5 Å². The first-order chi connectivity index (χ1) is 21.4. The Kier molecular flexibility index (Phi) is 7.10. The average molecular weight is 590 g/mol. The van der Waals surface area contributed by atoms with Gasteiger partial charge in [0.05, 0.1) is 30.0 Å². The van der Waals surface area contributed by atoms with Crippen LogP contribution < -0.4 is 10.3 Å². The molecule has 0 aliphatic carbocycles. The second-order valence-corrected chi connectivity index (χ2v) is 11.4. The van der Waals surface area contributed by atoms with Crippen molar-refractivity contribution in [3.63, 3.8) is 0 Å². The highest BCUT2D eigenvalue weighted by Crippen LogP contribution is 2.38. The van der Waals surface area contributed by atoms with Crippen LogP contribution in [0.4, 0.5) is 4.39 Å². The monoisotopic (exact) mass is 589 g/mol. The molecule has 3 heterocycles. The molecule has 6 aromatic rings. The summed E-state index contributed by atoms with van der Waals surface area (Å²) in [6.07, 6.45) is 3.67. The van der Waals surface area contributed by atoms with Crippen LogP contribution in [0.25, 0.3) is 33.1 Å². The number of fused-ring (bicyclic) bond motifs is 2. The minimum atomic E-state index is -0.996. The third-order valence-corrected chi connectivity index (χ3v) is 8.75. The second-order valence-electron chi connectivity index (χ2n) is 11.4. The van der Waals surface area contributed by atoms with Crippen molar-refractivity contribution in [2.45, 2.75) is 24.8 Å². The van der Waals surface area contributed by atoms with E-state index in [9.17, 15) is 14.3 Å². The van der Waals surface area contributed by atoms with E-state index < -0.39 is 17.4 Å². The van der Waals surface area contributed by atoms with Crippen LogP contribution in [0.1, 0.15) is 41.8 Å². The normalized spacial score (nSPS) is 15.2. The summed E-state index contributed by atoms with van der Waals surface area (Å²) in [4.78, 5) is 29.3. The number of H-pyrrole nitrogens is 1. The molecule has 2 N–H and O–H groups in total.